The Kier molecular flexibility index (Phi) is 6.62. The summed E-state index contributed by atoms with van der Waals surface area (Å²) >= 11 is 5.78. The monoisotopic (exact) mass is 404 g/mol. The summed E-state index contributed by atoms with van der Waals surface area (Å²) in [7, 11) is -4.04. The van der Waals surface area contributed by atoms with Gasteiger partial charge in [0.2, 0.25) is 10.0 Å². The van der Waals surface area contributed by atoms with E-state index in [4.69, 9.17) is 16.3 Å². The van der Waals surface area contributed by atoms with Crippen LogP contribution in [0, 0.1) is 0 Å². The molecule has 26 heavy (non-hydrogen) atoms. The van der Waals surface area contributed by atoms with Gasteiger partial charge in [0.1, 0.15) is 6.04 Å². The molecule has 0 saturated carbocycles. The number of likely N-dealkylation sites (N-methyl/N-ethyl adjacent to an activating group) is 1. The van der Waals surface area contributed by atoms with Crippen LogP contribution in [-0.2, 0) is 24.3 Å². The number of esters is 1. The van der Waals surface area contributed by atoms with Crippen LogP contribution < -0.4 is 5.32 Å². The zero-order valence-corrected chi connectivity index (χ0v) is 16.0. The molecule has 0 aliphatic carbocycles. The lowest BCUT2D eigenvalue weighted by molar-refractivity contribution is -0.157. The van der Waals surface area contributed by atoms with Crippen LogP contribution in [0.4, 0.5) is 0 Å². The number of carbonyl (C=O) groups is 2. The number of sulfonamides is 1. The van der Waals surface area contributed by atoms with Crippen LogP contribution in [0.1, 0.15) is 20.3 Å². The molecule has 144 valence electrons. The molecule has 8 nitrogen and oxygen atoms in total. The minimum Gasteiger partial charge on any atom is -0.451 e. The van der Waals surface area contributed by atoms with E-state index in [1.807, 2.05) is 0 Å². The number of β-amino-alcohol motifs (C(OH)–C–C–N with tert-alkyl or cyclic N) is 1. The summed E-state index contributed by atoms with van der Waals surface area (Å²) in [5.74, 6) is -1.36. The van der Waals surface area contributed by atoms with Crippen molar-refractivity contribution in [1.29, 1.82) is 0 Å². The van der Waals surface area contributed by atoms with Gasteiger partial charge in [-0.2, -0.15) is 4.31 Å². The van der Waals surface area contributed by atoms with Crippen molar-refractivity contribution in [2.24, 2.45) is 0 Å². The van der Waals surface area contributed by atoms with E-state index in [-0.39, 0.29) is 17.9 Å². The Labute approximate surface area is 157 Å². The van der Waals surface area contributed by atoms with Crippen molar-refractivity contribution in [1.82, 2.24) is 9.62 Å². The van der Waals surface area contributed by atoms with Crippen molar-refractivity contribution < 1.29 is 27.9 Å². The van der Waals surface area contributed by atoms with Crippen LogP contribution in [0.5, 0.6) is 0 Å². The average molecular weight is 405 g/mol. The molecule has 1 amide bonds. The van der Waals surface area contributed by atoms with E-state index < -0.39 is 40.1 Å². The highest BCUT2D eigenvalue weighted by atomic mass is 35.5. The quantitative estimate of drug-likeness (QED) is 0.669. The van der Waals surface area contributed by atoms with E-state index in [9.17, 15) is 23.1 Å². The maximum absolute atomic E-state index is 12.8. The van der Waals surface area contributed by atoms with Gasteiger partial charge in [-0.05, 0) is 38.1 Å². The molecule has 1 aromatic rings. The number of hydrogen-bond acceptors (Lipinski definition) is 6. The number of hydrogen-bond donors (Lipinski definition) is 2. The molecule has 3 atom stereocenters. The molecular formula is C16H21ClN2O6S. The lowest BCUT2D eigenvalue weighted by Crippen LogP contribution is -2.44. The molecule has 1 fully saturated rings. The smallest absolute Gasteiger partial charge is 0.325 e. The lowest BCUT2D eigenvalue weighted by Gasteiger charge is -2.23. The fourth-order valence-corrected chi connectivity index (χ4v) is 4.38. The average Bonchev–Trinajstić information content (AvgIpc) is 2.98. The number of carbonyl (C=O) groups excluding carboxylic acids is 2. The lowest BCUT2D eigenvalue weighted by atomic mass is 10.2. The molecule has 0 unspecified atom stereocenters. The van der Waals surface area contributed by atoms with E-state index in [0.29, 0.717) is 11.6 Å². The fourth-order valence-electron chi connectivity index (χ4n) is 2.63. The van der Waals surface area contributed by atoms with Crippen molar-refractivity contribution in [2.75, 3.05) is 13.1 Å². The highest BCUT2D eigenvalue weighted by Crippen LogP contribution is 2.28. The summed E-state index contributed by atoms with van der Waals surface area (Å²) in [4.78, 5) is 24.1. The molecule has 1 aliphatic heterocycles. The first-order valence-corrected chi connectivity index (χ1v) is 9.92. The van der Waals surface area contributed by atoms with Crippen LogP contribution in [-0.4, -0.2) is 61.0 Å². The van der Waals surface area contributed by atoms with E-state index in [2.05, 4.69) is 5.32 Å². The number of aliphatic hydroxyl groups excluding tert-OH is 1. The van der Waals surface area contributed by atoms with Crippen LogP contribution in [0.25, 0.3) is 0 Å². The highest BCUT2D eigenvalue weighted by Gasteiger charge is 2.45. The first-order chi connectivity index (χ1) is 12.2. The maximum atomic E-state index is 12.8. The number of benzene rings is 1. The van der Waals surface area contributed by atoms with Crippen molar-refractivity contribution in [3.63, 3.8) is 0 Å². The third kappa shape index (κ3) is 4.53. The third-order valence-electron chi connectivity index (χ3n) is 3.94. The van der Waals surface area contributed by atoms with Crippen molar-refractivity contribution in [3.8, 4) is 0 Å². The van der Waals surface area contributed by atoms with Gasteiger partial charge in [0.05, 0.1) is 11.0 Å². The Morgan fingerprint density at radius 3 is 2.58 bits per heavy atom. The van der Waals surface area contributed by atoms with Gasteiger partial charge in [-0.25, -0.2) is 8.42 Å². The van der Waals surface area contributed by atoms with E-state index in [1.54, 1.807) is 6.92 Å². The van der Waals surface area contributed by atoms with Crippen molar-refractivity contribution >= 4 is 33.5 Å². The SMILES string of the molecule is CCNC(=O)[C@H](C)OC(=O)[C@@H]1C[C@H](O)CN1S(=O)(=O)c1ccc(Cl)cc1. The first-order valence-electron chi connectivity index (χ1n) is 8.10. The molecule has 2 rings (SSSR count). The number of rotatable bonds is 6. The number of nitrogens with zero attached hydrogens (tertiary/aromatic N) is 1. The fraction of sp³-hybridized carbons (Fsp3) is 0.500. The molecule has 10 heteroatoms. The van der Waals surface area contributed by atoms with Gasteiger partial charge < -0.3 is 15.2 Å². The molecule has 0 bridgehead atoms. The number of halogens is 1. The minimum atomic E-state index is -4.04. The van der Waals surface area contributed by atoms with Gasteiger partial charge in [0.15, 0.2) is 6.10 Å². The van der Waals surface area contributed by atoms with Gasteiger partial charge in [0.25, 0.3) is 5.91 Å². The second-order valence-corrected chi connectivity index (χ2v) is 8.23. The van der Waals surface area contributed by atoms with E-state index >= 15 is 0 Å². The summed E-state index contributed by atoms with van der Waals surface area (Å²) in [6.45, 7) is 3.26. The number of nitrogens with one attached hydrogen (secondary N) is 1. The largest absolute Gasteiger partial charge is 0.451 e. The highest BCUT2D eigenvalue weighted by molar-refractivity contribution is 7.89. The van der Waals surface area contributed by atoms with E-state index in [0.717, 1.165) is 4.31 Å². The Hall–Kier alpha value is -1.68. The van der Waals surface area contributed by atoms with Gasteiger partial charge in [-0.1, -0.05) is 11.6 Å². The van der Waals surface area contributed by atoms with Crippen LogP contribution >= 0.6 is 11.6 Å². The van der Waals surface area contributed by atoms with Gasteiger partial charge in [-0.3, -0.25) is 9.59 Å². The van der Waals surface area contributed by atoms with Gasteiger partial charge >= 0.3 is 5.97 Å². The Morgan fingerprint density at radius 1 is 1.38 bits per heavy atom. The summed E-state index contributed by atoms with van der Waals surface area (Å²) in [6, 6.07) is 4.28. The second kappa shape index (κ2) is 8.34. The maximum Gasteiger partial charge on any atom is 0.325 e. The van der Waals surface area contributed by atoms with Gasteiger partial charge in [-0.15, -0.1) is 0 Å². The number of aliphatic hydroxyl groups is 1. The molecule has 0 spiro atoms. The van der Waals surface area contributed by atoms with Crippen molar-refractivity contribution in [3.05, 3.63) is 29.3 Å². The molecule has 1 aliphatic rings. The standard InChI is InChI=1S/C16H21ClN2O6S/c1-3-18-15(21)10(2)25-16(22)14-8-12(20)9-19(14)26(23,24)13-6-4-11(17)5-7-13/h4-7,10,12,14,20H,3,8-9H2,1-2H3,(H,18,21)/t10-,12-,14-/m0/s1. The molecule has 0 radical (unpaired) electrons. The van der Waals surface area contributed by atoms with Crippen LogP contribution in [0.3, 0.4) is 0 Å². The number of amides is 1. The third-order valence-corrected chi connectivity index (χ3v) is 6.08. The first kappa shape index (κ1) is 20.6. The Balaban J connectivity index is 2.20. The van der Waals surface area contributed by atoms with Gasteiger partial charge in [0, 0.05) is 24.5 Å². The molecule has 1 aromatic carbocycles. The number of ether oxygens (including phenoxy) is 1. The topological polar surface area (TPSA) is 113 Å². The Morgan fingerprint density at radius 2 is 2.00 bits per heavy atom. The molecule has 1 saturated heterocycles. The minimum absolute atomic E-state index is 0.0504. The predicted molar refractivity (Wildman–Crippen MR) is 94.0 cm³/mol. The molecule has 2 N–H and O–H groups in total. The molecule has 0 aromatic heterocycles. The summed E-state index contributed by atoms with van der Waals surface area (Å²) in [5.41, 5.74) is 0. The predicted octanol–water partition coefficient (Wildman–Crippen LogP) is 0.532. The zero-order valence-electron chi connectivity index (χ0n) is 14.4. The summed E-state index contributed by atoms with van der Waals surface area (Å²) < 4.78 is 31.6. The summed E-state index contributed by atoms with van der Waals surface area (Å²) in [5, 5.41) is 12.8. The molecule has 1 heterocycles. The Bertz CT molecular complexity index is 767. The van der Waals surface area contributed by atoms with Crippen LogP contribution in [0.15, 0.2) is 29.2 Å². The normalized spacial score (nSPS) is 22.0. The second-order valence-electron chi connectivity index (χ2n) is 5.91. The van der Waals surface area contributed by atoms with Crippen molar-refractivity contribution in [2.45, 2.75) is 43.4 Å². The van der Waals surface area contributed by atoms with Crippen LogP contribution in [0.2, 0.25) is 5.02 Å². The summed E-state index contributed by atoms with van der Waals surface area (Å²) in [6.07, 6.45) is -2.18. The van der Waals surface area contributed by atoms with E-state index in [1.165, 1.54) is 31.2 Å². The zero-order chi connectivity index (χ0) is 19.5. The molecular weight excluding hydrogens is 384 g/mol.